The van der Waals surface area contributed by atoms with E-state index < -0.39 is 0 Å². The van der Waals surface area contributed by atoms with E-state index in [1.54, 1.807) is 14.0 Å². The van der Waals surface area contributed by atoms with Gasteiger partial charge in [-0.1, -0.05) is 0 Å². The number of nitriles is 1. The summed E-state index contributed by atoms with van der Waals surface area (Å²) in [5.41, 5.74) is 2.40. The van der Waals surface area contributed by atoms with Gasteiger partial charge in [0.15, 0.2) is 0 Å². The van der Waals surface area contributed by atoms with E-state index in [1.165, 1.54) is 12.3 Å². The van der Waals surface area contributed by atoms with Crippen LogP contribution in [0, 0.1) is 24.1 Å². The van der Waals surface area contributed by atoms with Gasteiger partial charge in [-0.3, -0.25) is 4.98 Å². The van der Waals surface area contributed by atoms with Crippen LogP contribution in [0.3, 0.4) is 0 Å². The number of hydrogen-bond acceptors (Lipinski definition) is 3. The second-order valence-corrected chi connectivity index (χ2v) is 4.41. The van der Waals surface area contributed by atoms with Crippen LogP contribution in [0.25, 0.3) is 10.9 Å². The minimum Gasteiger partial charge on any atom is -0.386 e. The number of anilines is 1. The monoisotopic (exact) mass is 293 g/mol. The number of nitrogens with zero attached hydrogens (tertiary/aromatic N) is 2. The van der Waals surface area contributed by atoms with Crippen LogP contribution in [0.1, 0.15) is 11.1 Å². The van der Waals surface area contributed by atoms with E-state index in [0.29, 0.717) is 26.6 Å². The number of hydrogen-bond donors (Lipinski definition) is 1. The van der Waals surface area contributed by atoms with Crippen molar-refractivity contribution in [2.45, 2.75) is 6.92 Å². The van der Waals surface area contributed by atoms with E-state index in [4.69, 9.17) is 5.26 Å². The van der Waals surface area contributed by atoms with Crippen LogP contribution in [0.4, 0.5) is 10.1 Å². The average Bonchev–Trinajstić information content (AvgIpc) is 2.34. The molecule has 0 unspecified atom stereocenters. The van der Waals surface area contributed by atoms with Crippen LogP contribution < -0.4 is 5.32 Å². The van der Waals surface area contributed by atoms with Crippen molar-refractivity contribution in [1.29, 1.82) is 5.26 Å². The van der Waals surface area contributed by atoms with Gasteiger partial charge >= 0.3 is 0 Å². The Hall–Kier alpha value is -1.67. The molecule has 1 N–H and O–H groups in total. The van der Waals surface area contributed by atoms with Gasteiger partial charge in [0, 0.05) is 18.6 Å². The second-order valence-electron chi connectivity index (χ2n) is 3.62. The van der Waals surface area contributed by atoms with Crippen LogP contribution >= 0.6 is 15.9 Å². The lowest BCUT2D eigenvalue weighted by atomic mass is 10.1. The molecule has 0 bridgehead atoms. The lowest BCUT2D eigenvalue weighted by molar-refractivity contribution is 0.622. The molecule has 1 heterocycles. The smallest absolute Gasteiger partial charge is 0.138 e. The number of fused-ring (bicyclic) bond motifs is 1. The maximum atomic E-state index is 13.7. The Morgan fingerprint density at radius 1 is 1.53 bits per heavy atom. The van der Waals surface area contributed by atoms with Crippen molar-refractivity contribution in [3.63, 3.8) is 0 Å². The molecule has 0 saturated heterocycles. The quantitative estimate of drug-likeness (QED) is 0.877. The summed E-state index contributed by atoms with van der Waals surface area (Å²) in [6.45, 7) is 1.79. The molecule has 0 aliphatic rings. The minimum atomic E-state index is -0.358. The van der Waals surface area contributed by atoms with Gasteiger partial charge in [0.2, 0.25) is 0 Å². The standard InChI is InChI=1S/C12H9BrFN3/c1-6-3-8(14)10(13)9-11(6)17-5-7(4-15)12(9)16-2/h3,5H,1-2H3,(H,16,17). The molecule has 3 nitrogen and oxygen atoms in total. The summed E-state index contributed by atoms with van der Waals surface area (Å²) in [7, 11) is 1.70. The average molecular weight is 294 g/mol. The fraction of sp³-hybridized carbons (Fsp3) is 0.167. The van der Waals surface area contributed by atoms with E-state index in [0.717, 1.165) is 5.56 Å². The zero-order valence-corrected chi connectivity index (χ0v) is 10.9. The molecular formula is C12H9BrFN3. The minimum absolute atomic E-state index is 0.326. The molecule has 1 aromatic heterocycles. The van der Waals surface area contributed by atoms with Crippen LogP contribution in [-0.2, 0) is 0 Å². The first-order valence-electron chi connectivity index (χ1n) is 4.95. The van der Waals surface area contributed by atoms with E-state index in [-0.39, 0.29) is 5.82 Å². The van der Waals surface area contributed by atoms with Crippen molar-refractivity contribution in [1.82, 2.24) is 4.98 Å². The van der Waals surface area contributed by atoms with Gasteiger partial charge in [-0.15, -0.1) is 0 Å². The molecule has 86 valence electrons. The number of halogens is 2. The Morgan fingerprint density at radius 2 is 2.24 bits per heavy atom. The van der Waals surface area contributed by atoms with Crippen molar-refractivity contribution in [2.75, 3.05) is 12.4 Å². The Kier molecular flexibility index (Phi) is 2.99. The van der Waals surface area contributed by atoms with E-state index in [2.05, 4.69) is 26.2 Å². The van der Waals surface area contributed by atoms with E-state index in [1.807, 2.05) is 6.07 Å². The van der Waals surface area contributed by atoms with Gasteiger partial charge in [-0.05, 0) is 34.5 Å². The molecule has 0 spiro atoms. The van der Waals surface area contributed by atoms with Gasteiger partial charge in [-0.2, -0.15) is 5.26 Å². The lowest BCUT2D eigenvalue weighted by Gasteiger charge is -2.11. The first kappa shape index (κ1) is 11.8. The molecular weight excluding hydrogens is 285 g/mol. The molecule has 2 aromatic rings. The van der Waals surface area contributed by atoms with Gasteiger partial charge < -0.3 is 5.32 Å². The van der Waals surface area contributed by atoms with Gasteiger partial charge in [-0.25, -0.2) is 4.39 Å². The second kappa shape index (κ2) is 4.30. The third-order valence-electron chi connectivity index (χ3n) is 2.60. The molecule has 0 aliphatic heterocycles. The highest BCUT2D eigenvalue weighted by atomic mass is 79.9. The molecule has 0 atom stereocenters. The summed E-state index contributed by atoms with van der Waals surface area (Å²) in [5.74, 6) is -0.358. The maximum Gasteiger partial charge on any atom is 0.138 e. The number of benzene rings is 1. The fourth-order valence-electron chi connectivity index (χ4n) is 1.81. The number of aromatic nitrogens is 1. The summed E-state index contributed by atoms with van der Waals surface area (Å²) < 4.78 is 14.0. The Balaban J connectivity index is 3.03. The third-order valence-corrected chi connectivity index (χ3v) is 3.37. The van der Waals surface area contributed by atoms with Crippen molar-refractivity contribution >= 4 is 32.5 Å². The van der Waals surface area contributed by atoms with Gasteiger partial charge in [0.05, 0.1) is 21.2 Å². The largest absolute Gasteiger partial charge is 0.386 e. The highest BCUT2D eigenvalue weighted by molar-refractivity contribution is 9.10. The number of aryl methyl sites for hydroxylation is 1. The van der Waals surface area contributed by atoms with Crippen molar-refractivity contribution < 1.29 is 4.39 Å². The van der Waals surface area contributed by atoms with Crippen molar-refractivity contribution in [3.8, 4) is 6.07 Å². The SMILES string of the molecule is CNc1c(C#N)cnc2c(C)cc(F)c(Br)c12. The number of rotatable bonds is 1. The Morgan fingerprint density at radius 3 is 2.82 bits per heavy atom. The van der Waals surface area contributed by atoms with Crippen molar-refractivity contribution in [2.24, 2.45) is 0 Å². The molecule has 1 aromatic carbocycles. The zero-order chi connectivity index (χ0) is 12.6. The zero-order valence-electron chi connectivity index (χ0n) is 9.31. The maximum absolute atomic E-state index is 13.7. The number of pyridine rings is 1. The van der Waals surface area contributed by atoms with E-state index >= 15 is 0 Å². The summed E-state index contributed by atoms with van der Waals surface area (Å²) in [6, 6.07) is 3.46. The predicted molar refractivity (Wildman–Crippen MR) is 68.4 cm³/mol. The van der Waals surface area contributed by atoms with Crippen LogP contribution in [0.15, 0.2) is 16.7 Å². The molecule has 0 amide bonds. The molecule has 0 saturated carbocycles. The molecule has 17 heavy (non-hydrogen) atoms. The van der Waals surface area contributed by atoms with Crippen molar-refractivity contribution in [3.05, 3.63) is 33.7 Å². The fourth-order valence-corrected chi connectivity index (χ4v) is 2.31. The summed E-state index contributed by atoms with van der Waals surface area (Å²) in [4.78, 5) is 4.20. The van der Waals surface area contributed by atoms with Gasteiger partial charge in [0.25, 0.3) is 0 Å². The molecule has 5 heteroatoms. The highest BCUT2D eigenvalue weighted by Crippen LogP contribution is 2.35. The normalized spacial score (nSPS) is 10.3. The van der Waals surface area contributed by atoms with Crippen LogP contribution in [-0.4, -0.2) is 12.0 Å². The topological polar surface area (TPSA) is 48.7 Å². The van der Waals surface area contributed by atoms with Crippen LogP contribution in [0.5, 0.6) is 0 Å². The number of nitrogens with one attached hydrogen (secondary N) is 1. The lowest BCUT2D eigenvalue weighted by Crippen LogP contribution is -1.98. The molecule has 2 rings (SSSR count). The highest BCUT2D eigenvalue weighted by Gasteiger charge is 2.15. The Bertz CT molecular complexity index is 646. The summed E-state index contributed by atoms with van der Waals surface area (Å²) in [5, 5.41) is 12.5. The first-order chi connectivity index (χ1) is 8.10. The Labute approximate surface area is 106 Å². The molecule has 0 fully saturated rings. The van der Waals surface area contributed by atoms with Crippen LogP contribution in [0.2, 0.25) is 0 Å². The molecule has 0 radical (unpaired) electrons. The van der Waals surface area contributed by atoms with Gasteiger partial charge in [0.1, 0.15) is 11.9 Å². The third kappa shape index (κ3) is 1.75. The summed E-state index contributed by atoms with van der Waals surface area (Å²) >= 11 is 3.21. The van der Waals surface area contributed by atoms with E-state index in [9.17, 15) is 4.39 Å². The first-order valence-corrected chi connectivity index (χ1v) is 5.74. The molecule has 0 aliphatic carbocycles. The summed E-state index contributed by atoms with van der Waals surface area (Å²) in [6.07, 6.45) is 1.49. The predicted octanol–water partition coefficient (Wildman–Crippen LogP) is 3.36.